The van der Waals surface area contributed by atoms with Crippen LogP contribution in [0.2, 0.25) is 0 Å². The van der Waals surface area contributed by atoms with Crippen LogP contribution >= 0.6 is 7.26 Å². The highest BCUT2D eigenvalue weighted by molar-refractivity contribution is 8.01. The Bertz CT molecular complexity index is 1270. The molecule has 0 aliphatic heterocycles. The van der Waals surface area contributed by atoms with Gasteiger partial charge in [0.2, 0.25) is 0 Å². The fourth-order valence-electron chi connectivity index (χ4n) is 2.90. The van der Waals surface area contributed by atoms with E-state index in [-0.39, 0.29) is 10.6 Å². The quantitative estimate of drug-likeness (QED) is 0.482. The molecule has 0 amide bonds. The minimum absolute atomic E-state index is 0.0839. The van der Waals surface area contributed by atoms with Crippen molar-refractivity contribution < 1.29 is 13.7 Å². The van der Waals surface area contributed by atoms with Crippen molar-refractivity contribution in [1.82, 2.24) is 0 Å². The summed E-state index contributed by atoms with van der Waals surface area (Å²) in [5.74, 6) is 0. The van der Waals surface area contributed by atoms with Gasteiger partial charge < -0.3 is 0 Å². The molecule has 0 N–H and O–H groups in total. The summed E-state index contributed by atoms with van der Waals surface area (Å²) in [6.07, 6.45) is 0. The molecular formula is C24H20P+. The topological polar surface area (TPSA) is 0 Å². The van der Waals surface area contributed by atoms with Crippen LogP contribution < -0.4 is 21.2 Å². The molecule has 4 aromatic rings. The molecule has 120 valence electrons. The van der Waals surface area contributed by atoms with Crippen molar-refractivity contribution in [2.24, 2.45) is 0 Å². The summed E-state index contributed by atoms with van der Waals surface area (Å²) in [6, 6.07) is 12.0. The van der Waals surface area contributed by atoms with E-state index in [2.05, 4.69) is 0 Å². The monoisotopic (exact) mass is 349 g/mol. The molecule has 0 saturated carbocycles. The maximum Gasteiger partial charge on any atom is 0.144 e. The zero-order valence-electron chi connectivity index (χ0n) is 23.2. The van der Waals surface area contributed by atoms with Gasteiger partial charge in [0.25, 0.3) is 0 Å². The third kappa shape index (κ3) is 2.80. The molecule has 0 unspecified atom stereocenters. The van der Waals surface area contributed by atoms with Crippen molar-refractivity contribution in [3.05, 3.63) is 121 Å². The summed E-state index contributed by atoms with van der Waals surface area (Å²) in [4.78, 5) is 0. The van der Waals surface area contributed by atoms with Gasteiger partial charge in [-0.05, 0) is 48.4 Å². The van der Waals surface area contributed by atoms with E-state index < -0.39 is 67.7 Å². The van der Waals surface area contributed by atoms with E-state index in [1.54, 1.807) is 60.7 Å². The second-order valence-electron chi connectivity index (χ2n) is 5.29. The van der Waals surface area contributed by atoms with Crippen LogP contribution in [-0.4, -0.2) is 0 Å². The van der Waals surface area contributed by atoms with Crippen LogP contribution in [0, 0.1) is 0 Å². The van der Waals surface area contributed by atoms with E-state index >= 15 is 0 Å². The molecule has 0 aliphatic carbocycles. The van der Waals surface area contributed by atoms with Gasteiger partial charge in [0.15, 0.2) is 0 Å². The molecule has 0 aliphatic rings. The van der Waals surface area contributed by atoms with Gasteiger partial charge in [-0.2, -0.15) is 0 Å². The van der Waals surface area contributed by atoms with Crippen LogP contribution in [0.25, 0.3) is 0 Å². The standard InChI is InChI=1S/C24H20P/c1-5-13-21(14-6-1)25(22-15-7-2-8-16-22,23-17-9-3-10-18-23)24-19-11-4-12-20-24/h1-20H/q+1/i1D,2D,5D,6D,7D,8D,13D,14D,15D,16D. The number of hydrogen-bond acceptors (Lipinski definition) is 0. The Hall–Kier alpha value is -2.69. The molecule has 0 bridgehead atoms. The Labute approximate surface area is 164 Å². The minimum Gasteiger partial charge on any atom is -0.0620 e. The second-order valence-corrected chi connectivity index (χ2v) is 8.56. The molecule has 25 heavy (non-hydrogen) atoms. The summed E-state index contributed by atoms with van der Waals surface area (Å²) in [7, 11) is -3.60. The number of benzene rings is 4. The first kappa shape index (κ1) is 8.13. The highest BCUT2D eigenvalue weighted by atomic mass is 31.2. The number of rotatable bonds is 4. The lowest BCUT2D eigenvalue weighted by molar-refractivity contribution is 1.71. The molecule has 1 heteroatoms. The average molecular weight is 349 g/mol. The first-order valence-corrected chi connectivity index (χ1v) is 9.50. The van der Waals surface area contributed by atoms with Crippen LogP contribution in [0.3, 0.4) is 0 Å². The summed E-state index contributed by atoms with van der Waals surface area (Å²) in [6.45, 7) is 0. The SMILES string of the molecule is [2H]c1c([2H])c([2H])c([P+](c2ccccc2)(c2ccccc2)c2c([2H])c([2H])c([2H])c([2H])c2[2H])c([2H])c1[2H]. The summed E-state index contributed by atoms with van der Waals surface area (Å²) in [5, 5.41) is 0.838. The Kier molecular flexibility index (Phi) is 2.29. The van der Waals surface area contributed by atoms with Gasteiger partial charge in [-0.15, -0.1) is 0 Å². The average Bonchev–Trinajstić information content (AvgIpc) is 2.88. The highest BCUT2D eigenvalue weighted by Gasteiger charge is 2.47. The molecule has 0 heterocycles. The Balaban J connectivity index is 2.41. The summed E-state index contributed by atoms with van der Waals surface area (Å²) in [5.41, 5.74) is 0. The zero-order valence-corrected chi connectivity index (χ0v) is 14.1. The zero-order chi connectivity index (χ0) is 25.7. The van der Waals surface area contributed by atoms with Crippen LogP contribution in [0.1, 0.15) is 13.7 Å². The van der Waals surface area contributed by atoms with Crippen molar-refractivity contribution in [3.8, 4) is 0 Å². The van der Waals surface area contributed by atoms with Crippen molar-refractivity contribution in [1.29, 1.82) is 0 Å². The van der Waals surface area contributed by atoms with E-state index in [4.69, 9.17) is 13.7 Å². The Morgan fingerprint density at radius 1 is 0.440 bits per heavy atom. The van der Waals surface area contributed by atoms with E-state index in [1.807, 2.05) is 0 Å². The first-order valence-electron chi connectivity index (χ1n) is 12.7. The molecule has 0 atom stereocenters. The third-order valence-electron chi connectivity index (χ3n) is 3.93. The molecule has 0 nitrogen and oxygen atoms in total. The van der Waals surface area contributed by atoms with Gasteiger partial charge in [0.05, 0.1) is 13.7 Å². The highest BCUT2D eigenvalue weighted by Crippen LogP contribution is 2.53. The van der Waals surface area contributed by atoms with E-state index in [9.17, 15) is 0 Å². The van der Waals surface area contributed by atoms with Gasteiger partial charge in [0, 0.05) is 0 Å². The van der Waals surface area contributed by atoms with Crippen molar-refractivity contribution in [2.75, 3.05) is 0 Å². The lowest BCUT2D eigenvalue weighted by Gasteiger charge is -2.27. The van der Waals surface area contributed by atoms with Crippen molar-refractivity contribution in [2.45, 2.75) is 0 Å². The van der Waals surface area contributed by atoms with Gasteiger partial charge in [-0.1, -0.05) is 72.7 Å². The molecule has 0 spiro atoms. The largest absolute Gasteiger partial charge is 0.144 e. The van der Waals surface area contributed by atoms with Crippen LogP contribution in [0.4, 0.5) is 0 Å². The Morgan fingerprint density at radius 3 is 1.16 bits per heavy atom. The van der Waals surface area contributed by atoms with Gasteiger partial charge in [0.1, 0.15) is 28.5 Å². The first-order chi connectivity index (χ1) is 16.6. The van der Waals surface area contributed by atoms with Crippen LogP contribution in [0.5, 0.6) is 0 Å². The minimum atomic E-state index is -3.60. The molecule has 4 rings (SSSR count). The fraction of sp³-hybridized carbons (Fsp3) is 0. The van der Waals surface area contributed by atoms with Crippen LogP contribution in [0.15, 0.2) is 121 Å². The molecule has 0 radical (unpaired) electrons. The molecule has 4 aromatic carbocycles. The van der Waals surface area contributed by atoms with Crippen LogP contribution in [-0.2, 0) is 0 Å². The molecular weight excluding hydrogens is 319 g/mol. The Morgan fingerprint density at radius 2 is 0.800 bits per heavy atom. The summed E-state index contributed by atoms with van der Waals surface area (Å²) >= 11 is 0. The molecule has 0 aromatic heterocycles. The lowest BCUT2D eigenvalue weighted by Crippen LogP contribution is -2.38. The lowest BCUT2D eigenvalue weighted by atomic mass is 10.3. The van der Waals surface area contributed by atoms with E-state index in [1.165, 1.54) is 0 Å². The maximum atomic E-state index is 8.83. The van der Waals surface area contributed by atoms with Gasteiger partial charge >= 0.3 is 0 Å². The van der Waals surface area contributed by atoms with Crippen molar-refractivity contribution in [3.63, 3.8) is 0 Å². The predicted molar refractivity (Wildman–Crippen MR) is 111 cm³/mol. The smallest absolute Gasteiger partial charge is 0.0620 e. The summed E-state index contributed by atoms with van der Waals surface area (Å²) < 4.78 is 84.9. The van der Waals surface area contributed by atoms with Gasteiger partial charge in [-0.3, -0.25) is 0 Å². The normalized spacial score (nSPS) is 16.8. The second kappa shape index (κ2) is 7.05. The molecule has 0 saturated heterocycles. The molecule has 0 fully saturated rings. The number of hydrogen-bond donors (Lipinski definition) is 0. The predicted octanol–water partition coefficient (Wildman–Crippen LogP) is 4.31. The van der Waals surface area contributed by atoms with Gasteiger partial charge in [-0.25, -0.2) is 0 Å². The van der Waals surface area contributed by atoms with Crippen molar-refractivity contribution >= 4 is 28.5 Å². The van der Waals surface area contributed by atoms with E-state index in [0.717, 1.165) is 0 Å². The third-order valence-corrected chi connectivity index (χ3v) is 7.87. The maximum absolute atomic E-state index is 8.83. The van der Waals surface area contributed by atoms with E-state index in [0.29, 0.717) is 10.6 Å². The fourth-order valence-corrected chi connectivity index (χ4v) is 6.59.